The standard InChI is InChI=1S/C6H7N2O2.ClH/c1-4(7)8-5(9)2-3-6(8)10;/h2-4H,1,7H2;1H. The Bertz CT molecular complexity index is 195. The van der Waals surface area contributed by atoms with Gasteiger partial charge in [0, 0.05) is 12.2 Å². The SMILES string of the molecule is Cl.[CH2]C(N)N1C(=O)C=CC1=O. The molecule has 1 atom stereocenters. The summed E-state index contributed by atoms with van der Waals surface area (Å²) in [5.74, 6) is -0.792. The van der Waals surface area contributed by atoms with E-state index in [1.54, 1.807) is 0 Å². The van der Waals surface area contributed by atoms with Gasteiger partial charge in [0.15, 0.2) is 0 Å². The van der Waals surface area contributed by atoms with Crippen molar-refractivity contribution in [3.63, 3.8) is 0 Å². The number of hydrogen-bond acceptors (Lipinski definition) is 3. The Kier molecular flexibility index (Phi) is 3.22. The summed E-state index contributed by atoms with van der Waals surface area (Å²) in [6.07, 6.45) is 1.57. The zero-order valence-corrected chi connectivity index (χ0v) is 6.50. The van der Waals surface area contributed by atoms with Crippen LogP contribution in [0.1, 0.15) is 0 Å². The number of amides is 2. The summed E-state index contributed by atoms with van der Waals surface area (Å²) >= 11 is 0. The number of halogens is 1. The lowest BCUT2D eigenvalue weighted by Crippen LogP contribution is -2.43. The maximum Gasteiger partial charge on any atom is 0.254 e. The van der Waals surface area contributed by atoms with Crippen molar-refractivity contribution in [2.75, 3.05) is 0 Å². The van der Waals surface area contributed by atoms with Gasteiger partial charge in [-0.3, -0.25) is 14.5 Å². The van der Waals surface area contributed by atoms with Crippen LogP contribution >= 0.6 is 12.4 Å². The summed E-state index contributed by atoms with van der Waals surface area (Å²) in [6.45, 7) is 3.34. The van der Waals surface area contributed by atoms with Gasteiger partial charge in [0.05, 0.1) is 6.17 Å². The molecule has 0 saturated carbocycles. The molecule has 1 unspecified atom stereocenters. The number of nitrogens with zero attached hydrogens (tertiary/aromatic N) is 1. The number of rotatable bonds is 1. The quantitative estimate of drug-likeness (QED) is 0.544. The van der Waals surface area contributed by atoms with E-state index in [0.29, 0.717) is 0 Å². The van der Waals surface area contributed by atoms with Gasteiger partial charge >= 0.3 is 0 Å². The first kappa shape index (κ1) is 10.1. The van der Waals surface area contributed by atoms with Crippen molar-refractivity contribution < 1.29 is 9.59 Å². The molecule has 1 aliphatic heterocycles. The fourth-order valence-corrected chi connectivity index (χ4v) is 0.739. The van der Waals surface area contributed by atoms with Crippen LogP contribution in [0.15, 0.2) is 12.2 Å². The third-order valence-electron chi connectivity index (χ3n) is 1.17. The van der Waals surface area contributed by atoms with Gasteiger partial charge in [0.25, 0.3) is 11.8 Å². The smallest absolute Gasteiger partial charge is 0.254 e. The summed E-state index contributed by atoms with van der Waals surface area (Å²) in [7, 11) is 0. The van der Waals surface area contributed by atoms with Crippen LogP contribution in [0.3, 0.4) is 0 Å². The molecule has 1 aliphatic rings. The van der Waals surface area contributed by atoms with Crippen molar-refractivity contribution >= 4 is 24.2 Å². The first-order valence-electron chi connectivity index (χ1n) is 2.77. The van der Waals surface area contributed by atoms with Gasteiger partial charge in [-0.1, -0.05) is 0 Å². The predicted octanol–water partition coefficient (Wildman–Crippen LogP) is -0.548. The molecule has 2 N–H and O–H groups in total. The van der Waals surface area contributed by atoms with Gasteiger partial charge in [-0.25, -0.2) is 0 Å². The minimum absolute atomic E-state index is 0. The molecule has 2 amide bonds. The van der Waals surface area contributed by atoms with E-state index in [1.165, 1.54) is 12.2 Å². The zero-order chi connectivity index (χ0) is 7.72. The molecule has 0 spiro atoms. The highest BCUT2D eigenvalue weighted by Crippen LogP contribution is 2.04. The number of nitrogens with two attached hydrogens (primary N) is 1. The molecule has 0 aromatic heterocycles. The average Bonchev–Trinajstić information content (AvgIpc) is 2.11. The van der Waals surface area contributed by atoms with E-state index in [9.17, 15) is 9.59 Å². The third kappa shape index (κ3) is 1.78. The van der Waals surface area contributed by atoms with E-state index in [1.807, 2.05) is 0 Å². The number of carbonyl (C=O) groups excluding carboxylic acids is 2. The average molecular weight is 176 g/mol. The summed E-state index contributed by atoms with van der Waals surface area (Å²) < 4.78 is 0. The molecule has 1 radical (unpaired) electrons. The van der Waals surface area contributed by atoms with Crippen LogP contribution in [-0.4, -0.2) is 22.9 Å². The third-order valence-corrected chi connectivity index (χ3v) is 1.17. The van der Waals surface area contributed by atoms with Crippen molar-refractivity contribution in [3.05, 3.63) is 19.1 Å². The predicted molar refractivity (Wildman–Crippen MR) is 41.6 cm³/mol. The van der Waals surface area contributed by atoms with Gasteiger partial charge in [0.2, 0.25) is 0 Å². The fraction of sp³-hybridized carbons (Fsp3) is 0.167. The van der Waals surface area contributed by atoms with Crippen LogP contribution in [0.4, 0.5) is 0 Å². The second kappa shape index (κ2) is 3.50. The van der Waals surface area contributed by atoms with Gasteiger partial charge < -0.3 is 5.73 Å². The van der Waals surface area contributed by atoms with Crippen molar-refractivity contribution in [3.8, 4) is 0 Å². The minimum atomic E-state index is -0.782. The molecule has 0 fully saturated rings. The van der Waals surface area contributed by atoms with Crippen molar-refractivity contribution in [2.24, 2.45) is 5.73 Å². The Morgan fingerprint density at radius 1 is 1.36 bits per heavy atom. The minimum Gasteiger partial charge on any atom is -0.311 e. The molecule has 1 rings (SSSR count). The van der Waals surface area contributed by atoms with Crippen molar-refractivity contribution in [1.29, 1.82) is 0 Å². The highest BCUT2D eigenvalue weighted by Gasteiger charge is 2.25. The number of carbonyl (C=O) groups is 2. The molecule has 0 aliphatic carbocycles. The molecular weight excluding hydrogens is 168 g/mol. The van der Waals surface area contributed by atoms with Gasteiger partial charge in [-0.05, 0) is 6.92 Å². The molecule has 1 heterocycles. The maximum absolute atomic E-state index is 10.7. The maximum atomic E-state index is 10.7. The Morgan fingerprint density at radius 2 is 1.73 bits per heavy atom. The van der Waals surface area contributed by atoms with E-state index in [4.69, 9.17) is 5.73 Å². The van der Waals surface area contributed by atoms with E-state index >= 15 is 0 Å². The highest BCUT2D eigenvalue weighted by atomic mass is 35.5. The van der Waals surface area contributed by atoms with Crippen LogP contribution in [0.2, 0.25) is 0 Å². The van der Waals surface area contributed by atoms with Crippen molar-refractivity contribution in [1.82, 2.24) is 4.90 Å². The summed E-state index contributed by atoms with van der Waals surface area (Å²) in [5.41, 5.74) is 5.21. The van der Waals surface area contributed by atoms with E-state index in [0.717, 1.165) is 4.90 Å². The lowest BCUT2D eigenvalue weighted by atomic mass is 10.5. The van der Waals surface area contributed by atoms with Gasteiger partial charge in [0.1, 0.15) is 0 Å². The van der Waals surface area contributed by atoms with Crippen molar-refractivity contribution in [2.45, 2.75) is 6.17 Å². The molecule has 5 heteroatoms. The lowest BCUT2D eigenvalue weighted by Gasteiger charge is -2.16. The molecule has 0 saturated heterocycles. The first-order chi connectivity index (χ1) is 4.63. The second-order valence-electron chi connectivity index (χ2n) is 1.95. The van der Waals surface area contributed by atoms with Gasteiger partial charge in [-0.2, -0.15) is 0 Å². The second-order valence-corrected chi connectivity index (χ2v) is 1.95. The Morgan fingerprint density at radius 3 is 1.91 bits per heavy atom. The van der Waals surface area contributed by atoms with E-state index in [-0.39, 0.29) is 12.4 Å². The Balaban J connectivity index is 0.000001000. The summed E-state index contributed by atoms with van der Waals surface area (Å²) in [4.78, 5) is 22.3. The lowest BCUT2D eigenvalue weighted by molar-refractivity contribution is -0.138. The molecule has 61 valence electrons. The fourth-order valence-electron chi connectivity index (χ4n) is 0.739. The normalized spacial score (nSPS) is 18.5. The number of hydrogen-bond donors (Lipinski definition) is 1. The van der Waals surface area contributed by atoms with Gasteiger partial charge in [-0.15, -0.1) is 12.4 Å². The van der Waals surface area contributed by atoms with Crippen LogP contribution < -0.4 is 5.73 Å². The van der Waals surface area contributed by atoms with Crippen LogP contribution in [0.5, 0.6) is 0 Å². The first-order valence-corrected chi connectivity index (χ1v) is 2.77. The Hall–Kier alpha value is -0.870. The molecule has 0 aromatic rings. The largest absolute Gasteiger partial charge is 0.311 e. The highest BCUT2D eigenvalue weighted by molar-refractivity contribution is 6.13. The molecule has 0 aromatic carbocycles. The van der Waals surface area contributed by atoms with Crippen LogP contribution in [0.25, 0.3) is 0 Å². The Labute approximate surface area is 70.4 Å². The number of imide groups is 1. The summed E-state index contributed by atoms with van der Waals surface area (Å²) in [6, 6.07) is 0. The monoisotopic (exact) mass is 175 g/mol. The van der Waals surface area contributed by atoms with E-state index < -0.39 is 18.0 Å². The topological polar surface area (TPSA) is 63.4 Å². The molecule has 4 nitrogen and oxygen atoms in total. The zero-order valence-electron chi connectivity index (χ0n) is 5.69. The molecule has 0 bridgehead atoms. The summed E-state index contributed by atoms with van der Waals surface area (Å²) in [5, 5.41) is 0. The van der Waals surface area contributed by atoms with Crippen LogP contribution in [-0.2, 0) is 9.59 Å². The van der Waals surface area contributed by atoms with Crippen LogP contribution in [0, 0.1) is 6.92 Å². The van der Waals surface area contributed by atoms with E-state index in [2.05, 4.69) is 6.92 Å². The molecule has 11 heavy (non-hydrogen) atoms. The molecular formula is C6H8ClN2O2.